The molecule has 2 heterocycles. The maximum atomic E-state index is 11.3. The number of aliphatic imine (C=N–C) groups is 1. The second kappa shape index (κ2) is 10.5. The number of likely N-dealkylation sites (N-methyl/N-ethyl adjacent to an activating group) is 2. The molecule has 6 heteroatoms. The van der Waals surface area contributed by atoms with Crippen molar-refractivity contribution in [1.82, 2.24) is 14.8 Å². The fourth-order valence-electron chi connectivity index (χ4n) is 3.78. The Kier molecular flexibility index (Phi) is 8.30. The van der Waals surface area contributed by atoms with Gasteiger partial charge in [-0.15, -0.1) is 0 Å². The van der Waals surface area contributed by atoms with Crippen molar-refractivity contribution in [2.24, 2.45) is 10.9 Å². The van der Waals surface area contributed by atoms with Crippen molar-refractivity contribution >= 4 is 11.9 Å². The van der Waals surface area contributed by atoms with Gasteiger partial charge in [0, 0.05) is 57.4 Å². The minimum atomic E-state index is -0.0625. The zero-order valence-electron chi connectivity index (χ0n) is 18.4. The molecule has 1 aliphatic heterocycles. The third-order valence-corrected chi connectivity index (χ3v) is 5.98. The molecule has 0 saturated carbocycles. The van der Waals surface area contributed by atoms with E-state index in [0.29, 0.717) is 12.0 Å². The van der Waals surface area contributed by atoms with Gasteiger partial charge in [0.05, 0.1) is 17.9 Å². The molecule has 0 aromatic carbocycles. The number of hydrogen-bond donors (Lipinski definition) is 1. The molecule has 0 saturated heterocycles. The van der Waals surface area contributed by atoms with Gasteiger partial charge in [-0.2, -0.15) is 0 Å². The average molecular weight is 388 g/mol. The highest BCUT2D eigenvalue weighted by Crippen LogP contribution is 2.26. The van der Waals surface area contributed by atoms with Crippen molar-refractivity contribution in [3.8, 4) is 0 Å². The highest BCUT2D eigenvalue weighted by molar-refractivity contribution is 5.63. The molecule has 0 aliphatic carbocycles. The number of aromatic amines is 1. The largest absolute Gasteiger partial charge is 0.372 e. The first kappa shape index (κ1) is 22.2. The Morgan fingerprint density at radius 3 is 2.61 bits per heavy atom. The molecule has 0 radical (unpaired) electrons. The Labute approximate surface area is 169 Å². The molecule has 0 spiro atoms. The summed E-state index contributed by atoms with van der Waals surface area (Å²) in [7, 11) is 4.24. The molecule has 6 nitrogen and oxygen atoms in total. The number of nitrogens with zero attached hydrogens (tertiary/aromatic N) is 4. The predicted octanol–water partition coefficient (Wildman–Crippen LogP) is 3.19. The molecule has 0 amide bonds. The van der Waals surface area contributed by atoms with E-state index in [1.165, 1.54) is 11.4 Å². The number of aromatic nitrogens is 1. The van der Waals surface area contributed by atoms with E-state index in [1.54, 1.807) is 12.3 Å². The lowest BCUT2D eigenvalue weighted by atomic mass is 9.94. The quantitative estimate of drug-likeness (QED) is 0.670. The number of hydrogen-bond acceptors (Lipinski definition) is 5. The maximum absolute atomic E-state index is 11.3. The standard InChI is InChI=1S/C22H37N5O/c1-7-20-21(26(6)12-11-23-20)15-17(3)18(4)27(8-2)14-13-25(5)19-9-10-22(28)24-16-19/h9-11,16-18H,7-8,12-15H2,1-6H3,(H,24,28). The lowest BCUT2D eigenvalue weighted by Crippen LogP contribution is -2.42. The smallest absolute Gasteiger partial charge is 0.248 e. The summed E-state index contributed by atoms with van der Waals surface area (Å²) in [6, 6.07) is 3.94. The third kappa shape index (κ3) is 5.71. The van der Waals surface area contributed by atoms with Crippen LogP contribution in [0.15, 0.2) is 39.5 Å². The lowest BCUT2D eigenvalue weighted by Gasteiger charge is -2.36. The van der Waals surface area contributed by atoms with Crippen LogP contribution in [0.1, 0.15) is 40.5 Å². The molecule has 2 unspecified atom stereocenters. The van der Waals surface area contributed by atoms with Crippen molar-refractivity contribution in [1.29, 1.82) is 0 Å². The third-order valence-electron chi connectivity index (χ3n) is 5.98. The summed E-state index contributed by atoms with van der Waals surface area (Å²) in [5.74, 6) is 0.547. The van der Waals surface area contributed by atoms with Crippen molar-refractivity contribution in [2.45, 2.75) is 46.6 Å². The monoisotopic (exact) mass is 387 g/mol. The normalized spacial score (nSPS) is 16.6. The Balaban J connectivity index is 1.96. The molecule has 2 atom stereocenters. The van der Waals surface area contributed by atoms with Gasteiger partial charge in [0.2, 0.25) is 5.56 Å². The second-order valence-corrected chi connectivity index (χ2v) is 7.82. The van der Waals surface area contributed by atoms with Crippen LogP contribution in [0.4, 0.5) is 5.69 Å². The Morgan fingerprint density at radius 2 is 2.00 bits per heavy atom. The number of H-pyrrole nitrogens is 1. The van der Waals surface area contributed by atoms with E-state index in [4.69, 9.17) is 0 Å². The van der Waals surface area contributed by atoms with Gasteiger partial charge < -0.3 is 14.8 Å². The van der Waals surface area contributed by atoms with Gasteiger partial charge in [-0.25, -0.2) is 0 Å². The van der Waals surface area contributed by atoms with Crippen LogP contribution in [-0.4, -0.2) is 67.3 Å². The second-order valence-electron chi connectivity index (χ2n) is 7.82. The number of allylic oxidation sites excluding steroid dienone is 2. The van der Waals surface area contributed by atoms with E-state index in [2.05, 4.69) is 66.5 Å². The van der Waals surface area contributed by atoms with E-state index in [0.717, 1.165) is 44.7 Å². The van der Waals surface area contributed by atoms with E-state index in [1.807, 2.05) is 12.3 Å². The maximum Gasteiger partial charge on any atom is 0.248 e. The summed E-state index contributed by atoms with van der Waals surface area (Å²) in [6.07, 6.45) is 5.84. The summed E-state index contributed by atoms with van der Waals surface area (Å²) in [5, 5.41) is 0. The van der Waals surface area contributed by atoms with E-state index < -0.39 is 0 Å². The summed E-state index contributed by atoms with van der Waals surface area (Å²) in [5.41, 5.74) is 3.60. The Hall–Kier alpha value is -2.08. The van der Waals surface area contributed by atoms with E-state index in [9.17, 15) is 4.79 Å². The van der Waals surface area contributed by atoms with Gasteiger partial charge in [0.25, 0.3) is 0 Å². The molecular formula is C22H37N5O. The van der Waals surface area contributed by atoms with Gasteiger partial charge >= 0.3 is 0 Å². The van der Waals surface area contributed by atoms with Gasteiger partial charge in [0.1, 0.15) is 0 Å². The molecular weight excluding hydrogens is 350 g/mol. The van der Waals surface area contributed by atoms with Crippen LogP contribution in [0.2, 0.25) is 0 Å². The van der Waals surface area contributed by atoms with Gasteiger partial charge in [0.15, 0.2) is 0 Å². The number of pyridine rings is 1. The van der Waals surface area contributed by atoms with Crippen LogP contribution in [-0.2, 0) is 0 Å². The zero-order valence-corrected chi connectivity index (χ0v) is 18.4. The lowest BCUT2D eigenvalue weighted by molar-refractivity contribution is 0.168. The van der Waals surface area contributed by atoms with Crippen LogP contribution < -0.4 is 10.5 Å². The SMILES string of the molecule is CCC1=C(CC(C)C(C)N(CC)CCN(C)c2ccc(=O)[nH]c2)N(C)CC=N1. The average Bonchev–Trinajstić information content (AvgIpc) is 2.70. The van der Waals surface area contributed by atoms with Crippen LogP contribution in [0.5, 0.6) is 0 Å². The Morgan fingerprint density at radius 1 is 1.25 bits per heavy atom. The van der Waals surface area contributed by atoms with E-state index >= 15 is 0 Å². The predicted molar refractivity (Wildman–Crippen MR) is 119 cm³/mol. The first-order valence-electron chi connectivity index (χ1n) is 10.5. The number of nitrogens with one attached hydrogen (secondary N) is 1. The summed E-state index contributed by atoms with van der Waals surface area (Å²) >= 11 is 0. The highest BCUT2D eigenvalue weighted by Gasteiger charge is 2.23. The first-order chi connectivity index (χ1) is 13.4. The number of rotatable bonds is 10. The number of anilines is 1. The van der Waals surface area contributed by atoms with Crippen molar-refractivity contribution in [2.75, 3.05) is 45.2 Å². The van der Waals surface area contributed by atoms with Gasteiger partial charge in [-0.3, -0.25) is 14.7 Å². The molecule has 156 valence electrons. The van der Waals surface area contributed by atoms with Crippen LogP contribution >= 0.6 is 0 Å². The Bertz CT molecular complexity index is 718. The fraction of sp³-hybridized carbons (Fsp3) is 0.636. The summed E-state index contributed by atoms with van der Waals surface area (Å²) in [4.78, 5) is 25.7. The van der Waals surface area contributed by atoms with Crippen molar-refractivity contribution in [3.63, 3.8) is 0 Å². The fourth-order valence-corrected chi connectivity index (χ4v) is 3.78. The summed E-state index contributed by atoms with van der Waals surface area (Å²) in [6.45, 7) is 13.0. The molecule has 2 rings (SSSR count). The van der Waals surface area contributed by atoms with Crippen LogP contribution in [0.3, 0.4) is 0 Å². The zero-order chi connectivity index (χ0) is 20.7. The summed E-state index contributed by atoms with van der Waals surface area (Å²) < 4.78 is 0. The minimum absolute atomic E-state index is 0.0625. The molecule has 1 aromatic heterocycles. The van der Waals surface area contributed by atoms with Gasteiger partial charge in [-0.05, 0) is 38.3 Å². The molecule has 0 bridgehead atoms. The molecule has 0 fully saturated rings. The molecule has 1 aliphatic rings. The van der Waals surface area contributed by atoms with Crippen molar-refractivity contribution < 1.29 is 0 Å². The first-order valence-corrected chi connectivity index (χ1v) is 10.5. The van der Waals surface area contributed by atoms with Gasteiger partial charge in [-0.1, -0.05) is 20.8 Å². The van der Waals surface area contributed by atoms with Crippen molar-refractivity contribution in [3.05, 3.63) is 40.1 Å². The molecule has 1 aromatic rings. The van der Waals surface area contributed by atoms with E-state index in [-0.39, 0.29) is 5.56 Å². The highest BCUT2D eigenvalue weighted by atomic mass is 16.1. The van der Waals surface area contributed by atoms with Crippen LogP contribution in [0, 0.1) is 5.92 Å². The topological polar surface area (TPSA) is 54.9 Å². The molecule has 1 N–H and O–H groups in total. The minimum Gasteiger partial charge on any atom is -0.372 e. The van der Waals surface area contributed by atoms with Crippen LogP contribution in [0.25, 0.3) is 0 Å². The molecule has 28 heavy (non-hydrogen) atoms.